The normalized spacial score (nSPS) is 11.7. The monoisotopic (exact) mass is 379 g/mol. The number of aromatic nitrogens is 3. The fourth-order valence-electron chi connectivity index (χ4n) is 2.14. The minimum Gasteiger partial charge on any atom is -0.409 e. The maximum absolute atomic E-state index is 11.3. The van der Waals surface area contributed by atoms with E-state index < -0.39 is 10.7 Å². The van der Waals surface area contributed by atoms with Gasteiger partial charge in [-0.2, -0.15) is 0 Å². The largest absolute Gasteiger partial charge is 0.438 e. The molecule has 0 fully saturated rings. The average molecular weight is 380 g/mol. The standard InChI is InChI=1S/C15H11Cl2N5O3/c1-9-12(17)3-2-4-13(9)18-14-15(22(24)25)19-20(21(14)23)11-7-5-10(16)6-8-11/h2-8,23H,1H3. The highest BCUT2D eigenvalue weighted by atomic mass is 35.5. The van der Waals surface area contributed by atoms with E-state index in [0.717, 1.165) is 4.80 Å². The number of hydrogen-bond acceptors (Lipinski definition) is 5. The zero-order valence-corrected chi connectivity index (χ0v) is 14.3. The van der Waals surface area contributed by atoms with Crippen molar-refractivity contribution in [3.05, 3.63) is 73.7 Å². The van der Waals surface area contributed by atoms with Crippen molar-refractivity contribution in [3.63, 3.8) is 0 Å². The van der Waals surface area contributed by atoms with Crippen molar-refractivity contribution in [3.8, 4) is 5.69 Å². The average Bonchev–Trinajstić information content (AvgIpc) is 2.90. The maximum Gasteiger partial charge on any atom is 0.438 e. The summed E-state index contributed by atoms with van der Waals surface area (Å²) in [6.45, 7) is 1.72. The Balaban J connectivity index is 2.26. The molecule has 25 heavy (non-hydrogen) atoms. The number of benzene rings is 2. The van der Waals surface area contributed by atoms with Crippen molar-refractivity contribution in [1.82, 2.24) is 14.7 Å². The third-order valence-electron chi connectivity index (χ3n) is 3.45. The van der Waals surface area contributed by atoms with Gasteiger partial charge in [-0.25, -0.2) is 4.99 Å². The Morgan fingerprint density at radius 1 is 1.20 bits per heavy atom. The predicted octanol–water partition coefficient (Wildman–Crippen LogP) is 3.67. The summed E-state index contributed by atoms with van der Waals surface area (Å²) in [5.41, 5.74) is 1.05. The first-order chi connectivity index (χ1) is 11.9. The van der Waals surface area contributed by atoms with Crippen LogP contribution in [0.15, 0.2) is 47.5 Å². The first kappa shape index (κ1) is 17.0. The molecule has 0 aliphatic carbocycles. The molecule has 3 rings (SSSR count). The van der Waals surface area contributed by atoms with Crippen LogP contribution in [0.2, 0.25) is 10.0 Å². The van der Waals surface area contributed by atoms with E-state index in [1.807, 2.05) is 0 Å². The molecule has 0 aliphatic rings. The van der Waals surface area contributed by atoms with E-state index in [-0.39, 0.29) is 5.49 Å². The molecule has 3 aromatic rings. The summed E-state index contributed by atoms with van der Waals surface area (Å²) in [7, 11) is 0. The molecular formula is C15H11Cl2N5O3. The van der Waals surface area contributed by atoms with Crippen molar-refractivity contribution in [2.45, 2.75) is 6.92 Å². The van der Waals surface area contributed by atoms with Crippen LogP contribution in [-0.2, 0) is 0 Å². The molecule has 0 aliphatic heterocycles. The molecular weight excluding hydrogens is 369 g/mol. The van der Waals surface area contributed by atoms with Gasteiger partial charge in [-0.1, -0.05) is 34.1 Å². The fraction of sp³-hybridized carbons (Fsp3) is 0.0667. The molecule has 0 atom stereocenters. The van der Waals surface area contributed by atoms with Gasteiger partial charge >= 0.3 is 5.82 Å². The van der Waals surface area contributed by atoms with Gasteiger partial charge in [-0.15, -0.1) is 0 Å². The molecule has 1 N–H and O–H groups in total. The number of rotatable bonds is 3. The van der Waals surface area contributed by atoms with Gasteiger partial charge in [0.15, 0.2) is 0 Å². The van der Waals surface area contributed by atoms with Crippen LogP contribution in [0, 0.1) is 17.0 Å². The van der Waals surface area contributed by atoms with Crippen molar-refractivity contribution in [2.24, 2.45) is 4.99 Å². The quantitative estimate of drug-likeness (QED) is 0.426. The molecule has 0 unspecified atom stereocenters. The molecule has 0 bridgehead atoms. The van der Waals surface area contributed by atoms with Gasteiger partial charge in [-0.05, 0) is 58.6 Å². The highest BCUT2D eigenvalue weighted by Gasteiger charge is 2.24. The summed E-state index contributed by atoms with van der Waals surface area (Å²) in [6, 6.07) is 11.2. The highest BCUT2D eigenvalue weighted by molar-refractivity contribution is 6.31. The summed E-state index contributed by atoms with van der Waals surface area (Å²) < 4.78 is 0. The Kier molecular flexibility index (Phi) is 4.47. The lowest BCUT2D eigenvalue weighted by atomic mass is 10.2. The van der Waals surface area contributed by atoms with Crippen LogP contribution in [0.1, 0.15) is 5.56 Å². The van der Waals surface area contributed by atoms with Crippen molar-refractivity contribution in [1.29, 1.82) is 0 Å². The van der Waals surface area contributed by atoms with Crippen molar-refractivity contribution in [2.75, 3.05) is 0 Å². The Morgan fingerprint density at radius 3 is 2.52 bits per heavy atom. The number of halogens is 2. The van der Waals surface area contributed by atoms with Gasteiger partial charge in [0.05, 0.1) is 10.8 Å². The lowest BCUT2D eigenvalue weighted by Gasteiger charge is -2.02. The first-order valence-corrected chi connectivity index (χ1v) is 7.76. The van der Waals surface area contributed by atoms with E-state index in [1.54, 1.807) is 49.4 Å². The molecule has 0 saturated carbocycles. The number of nitro groups is 1. The summed E-state index contributed by atoms with van der Waals surface area (Å²) in [4.78, 5) is 16.2. The second-order valence-electron chi connectivity index (χ2n) is 5.06. The number of nitrogens with zero attached hydrogens (tertiary/aromatic N) is 5. The molecule has 0 spiro atoms. The van der Waals surface area contributed by atoms with Gasteiger partial charge in [0.1, 0.15) is 5.69 Å². The van der Waals surface area contributed by atoms with Gasteiger partial charge in [0, 0.05) is 10.0 Å². The molecule has 0 saturated heterocycles. The SMILES string of the molecule is Cc1c(Cl)cccc1N=c1c([N+](=O)[O-])nn(-c2ccc(Cl)cc2)n1O. The molecule has 0 amide bonds. The molecule has 2 aromatic carbocycles. The van der Waals surface area contributed by atoms with Crippen LogP contribution in [-0.4, -0.2) is 24.9 Å². The van der Waals surface area contributed by atoms with Gasteiger partial charge < -0.3 is 15.3 Å². The minimum atomic E-state index is -0.724. The smallest absolute Gasteiger partial charge is 0.409 e. The summed E-state index contributed by atoms with van der Waals surface area (Å²) in [6.07, 6.45) is 0. The molecule has 1 heterocycles. The van der Waals surface area contributed by atoms with E-state index in [2.05, 4.69) is 10.1 Å². The Bertz CT molecular complexity index is 1020. The zero-order valence-electron chi connectivity index (χ0n) is 12.8. The van der Waals surface area contributed by atoms with E-state index in [0.29, 0.717) is 31.8 Å². The van der Waals surface area contributed by atoms with E-state index in [1.165, 1.54) is 0 Å². The lowest BCUT2D eigenvalue weighted by Crippen LogP contribution is -2.22. The molecule has 0 radical (unpaired) electrons. The highest BCUT2D eigenvalue weighted by Crippen LogP contribution is 2.25. The number of hydrogen-bond donors (Lipinski definition) is 1. The van der Waals surface area contributed by atoms with Crippen molar-refractivity contribution < 1.29 is 10.1 Å². The van der Waals surface area contributed by atoms with E-state index >= 15 is 0 Å². The predicted molar refractivity (Wildman–Crippen MR) is 91.8 cm³/mol. The van der Waals surface area contributed by atoms with Crippen LogP contribution < -0.4 is 5.49 Å². The van der Waals surface area contributed by atoms with Gasteiger partial charge in [0.25, 0.3) is 5.49 Å². The van der Waals surface area contributed by atoms with Crippen LogP contribution in [0.5, 0.6) is 0 Å². The molecule has 8 nitrogen and oxygen atoms in total. The van der Waals surface area contributed by atoms with Gasteiger partial charge in [0.2, 0.25) is 0 Å². The third kappa shape index (κ3) is 3.21. The first-order valence-electron chi connectivity index (χ1n) is 7.00. The summed E-state index contributed by atoms with van der Waals surface area (Å²) >= 11 is 11.9. The molecule has 10 heteroatoms. The molecule has 128 valence electrons. The fourth-order valence-corrected chi connectivity index (χ4v) is 2.44. The second-order valence-corrected chi connectivity index (χ2v) is 5.90. The zero-order chi connectivity index (χ0) is 18.1. The van der Waals surface area contributed by atoms with Crippen LogP contribution in [0.3, 0.4) is 0 Å². The van der Waals surface area contributed by atoms with Crippen molar-refractivity contribution >= 4 is 34.7 Å². The van der Waals surface area contributed by atoms with Crippen LogP contribution in [0.25, 0.3) is 5.69 Å². The van der Waals surface area contributed by atoms with Gasteiger partial charge in [-0.3, -0.25) is 0 Å². The van der Waals surface area contributed by atoms with Crippen LogP contribution in [0.4, 0.5) is 11.5 Å². The Labute approximate surface area is 151 Å². The van der Waals surface area contributed by atoms with E-state index in [9.17, 15) is 15.3 Å². The maximum atomic E-state index is 11.3. The lowest BCUT2D eigenvalue weighted by molar-refractivity contribution is -0.391. The summed E-state index contributed by atoms with van der Waals surface area (Å²) in [5, 5.41) is 26.4. The summed E-state index contributed by atoms with van der Waals surface area (Å²) in [5.74, 6) is -0.600. The second kappa shape index (κ2) is 6.58. The Morgan fingerprint density at radius 2 is 1.88 bits per heavy atom. The minimum absolute atomic E-state index is 0.328. The third-order valence-corrected chi connectivity index (χ3v) is 4.12. The van der Waals surface area contributed by atoms with E-state index in [4.69, 9.17) is 23.2 Å². The topological polar surface area (TPSA) is 98.5 Å². The molecule has 1 aromatic heterocycles. The van der Waals surface area contributed by atoms with Crippen LogP contribution >= 0.6 is 23.2 Å². The Hall–Kier alpha value is -2.84.